The number of aromatic amines is 1. The van der Waals surface area contributed by atoms with Crippen LogP contribution in [-0.4, -0.2) is 43.9 Å². The fourth-order valence-corrected chi connectivity index (χ4v) is 3.88. The molecule has 4 rings (SSSR count). The quantitative estimate of drug-likeness (QED) is 0.364. The van der Waals surface area contributed by atoms with Crippen LogP contribution in [0.4, 0.5) is 5.69 Å². The first-order valence-corrected chi connectivity index (χ1v) is 10.9. The number of hydrogen-bond acceptors (Lipinski definition) is 6. The van der Waals surface area contributed by atoms with Gasteiger partial charge in [-0.1, -0.05) is 18.2 Å². The molecule has 3 aromatic carbocycles. The summed E-state index contributed by atoms with van der Waals surface area (Å²) < 4.78 is 23.1. The van der Waals surface area contributed by atoms with E-state index in [2.05, 4.69) is 5.10 Å². The Balaban J connectivity index is 1.90. The molecule has 180 valence electrons. The number of nitrogens with zero attached hydrogens (tertiary/aromatic N) is 2. The van der Waals surface area contributed by atoms with Gasteiger partial charge in [-0.15, -0.1) is 0 Å². The first kappa shape index (κ1) is 23.7. The van der Waals surface area contributed by atoms with Crippen molar-refractivity contribution in [2.24, 2.45) is 4.99 Å². The monoisotopic (exact) mass is 473 g/mol. The van der Waals surface area contributed by atoms with E-state index in [1.54, 1.807) is 47.5 Å². The number of hydrogen-bond donors (Lipinski definition) is 1. The van der Waals surface area contributed by atoms with Crippen molar-refractivity contribution in [3.8, 4) is 39.9 Å². The van der Waals surface area contributed by atoms with Crippen LogP contribution in [0.1, 0.15) is 12.5 Å². The molecule has 0 amide bonds. The first-order chi connectivity index (χ1) is 17.0. The Bertz CT molecular complexity index is 1380. The fraction of sp³-hybridized carbons (Fsp3) is 0.185. The van der Waals surface area contributed by atoms with Gasteiger partial charge >= 0.3 is 0 Å². The molecule has 0 radical (unpaired) electrons. The molecule has 1 heterocycles. The van der Waals surface area contributed by atoms with Crippen LogP contribution in [0.5, 0.6) is 23.0 Å². The number of H-pyrrole nitrogens is 1. The van der Waals surface area contributed by atoms with Gasteiger partial charge in [0.2, 0.25) is 5.75 Å². The number of rotatable bonds is 8. The van der Waals surface area contributed by atoms with Gasteiger partial charge in [-0.25, -0.2) is 4.68 Å². The summed E-state index contributed by atoms with van der Waals surface area (Å²) in [5, 5.41) is 3.26. The number of ether oxygens (including phenoxy) is 4. The van der Waals surface area contributed by atoms with Crippen LogP contribution in [0.3, 0.4) is 0 Å². The zero-order valence-electron chi connectivity index (χ0n) is 20.3. The molecule has 35 heavy (non-hydrogen) atoms. The highest BCUT2D eigenvalue weighted by molar-refractivity contribution is 6.05. The Morgan fingerprint density at radius 2 is 1.46 bits per heavy atom. The number of nitrogens with one attached hydrogen (secondary N) is 1. The van der Waals surface area contributed by atoms with E-state index in [-0.39, 0.29) is 5.56 Å². The summed E-state index contributed by atoms with van der Waals surface area (Å²) in [4.78, 5) is 18.4. The Kier molecular flexibility index (Phi) is 6.91. The van der Waals surface area contributed by atoms with Crippen LogP contribution in [0.2, 0.25) is 0 Å². The van der Waals surface area contributed by atoms with Gasteiger partial charge < -0.3 is 18.9 Å². The molecule has 0 aliphatic rings. The highest BCUT2D eigenvalue weighted by Gasteiger charge is 2.20. The molecule has 0 atom stereocenters. The van der Waals surface area contributed by atoms with Crippen molar-refractivity contribution in [3.05, 3.63) is 82.6 Å². The average Bonchev–Trinajstić information content (AvgIpc) is 3.25. The second-order valence-electron chi connectivity index (χ2n) is 7.65. The number of para-hydroxylation sites is 1. The maximum Gasteiger partial charge on any atom is 0.280 e. The lowest BCUT2D eigenvalue weighted by atomic mass is 10.0. The van der Waals surface area contributed by atoms with E-state index in [9.17, 15) is 4.79 Å². The average molecular weight is 474 g/mol. The lowest BCUT2D eigenvalue weighted by Gasteiger charge is -2.13. The normalized spacial score (nSPS) is 11.3. The molecule has 0 saturated carbocycles. The molecule has 8 heteroatoms. The van der Waals surface area contributed by atoms with Crippen molar-refractivity contribution >= 4 is 11.4 Å². The number of methoxy groups -OCH3 is 4. The van der Waals surface area contributed by atoms with Gasteiger partial charge in [0.25, 0.3) is 5.56 Å². The van der Waals surface area contributed by atoms with Gasteiger partial charge in [-0.05, 0) is 43.3 Å². The summed E-state index contributed by atoms with van der Waals surface area (Å²) in [6.45, 7) is 1.80. The Morgan fingerprint density at radius 1 is 0.829 bits per heavy atom. The van der Waals surface area contributed by atoms with Crippen LogP contribution < -0.4 is 24.5 Å². The Labute approximate surface area is 203 Å². The van der Waals surface area contributed by atoms with E-state index in [1.807, 2.05) is 54.6 Å². The first-order valence-electron chi connectivity index (χ1n) is 10.9. The summed E-state index contributed by atoms with van der Waals surface area (Å²) in [5.41, 5.74) is 3.52. The minimum absolute atomic E-state index is 0.212. The van der Waals surface area contributed by atoms with Gasteiger partial charge in [-0.3, -0.25) is 14.9 Å². The molecule has 1 aromatic heterocycles. The van der Waals surface area contributed by atoms with Crippen molar-refractivity contribution in [1.82, 2.24) is 9.78 Å². The molecule has 4 aromatic rings. The number of aromatic nitrogens is 2. The molecule has 0 aliphatic heterocycles. The minimum Gasteiger partial charge on any atom is -0.497 e. The second-order valence-corrected chi connectivity index (χ2v) is 7.65. The zero-order valence-corrected chi connectivity index (χ0v) is 20.3. The minimum atomic E-state index is -0.212. The lowest BCUT2D eigenvalue weighted by molar-refractivity contribution is 0.324. The van der Waals surface area contributed by atoms with Crippen LogP contribution in [-0.2, 0) is 0 Å². The van der Waals surface area contributed by atoms with Crippen LogP contribution in [0.25, 0.3) is 16.9 Å². The molecule has 0 saturated heterocycles. The molecular formula is C27H27N3O5. The highest BCUT2D eigenvalue weighted by Crippen LogP contribution is 2.41. The summed E-state index contributed by atoms with van der Waals surface area (Å²) in [5.74, 6) is 2.15. The van der Waals surface area contributed by atoms with Gasteiger partial charge in [0.15, 0.2) is 11.5 Å². The SMILES string of the molecule is COc1ccc(-c2[nH]n(-c3ccccc3)c(=O)c2C(C)=Nc2cc(OC)c(OC)c(OC)c2)cc1. The maximum absolute atomic E-state index is 13.6. The molecule has 0 unspecified atom stereocenters. The molecule has 0 bridgehead atoms. The van der Waals surface area contributed by atoms with Gasteiger partial charge in [0.1, 0.15) is 5.75 Å². The third kappa shape index (κ3) is 4.63. The Hall–Kier alpha value is -4.46. The molecule has 0 aliphatic carbocycles. The largest absolute Gasteiger partial charge is 0.497 e. The van der Waals surface area contributed by atoms with E-state index >= 15 is 0 Å². The van der Waals surface area contributed by atoms with Gasteiger partial charge in [0.05, 0.1) is 56.8 Å². The van der Waals surface area contributed by atoms with Crippen molar-refractivity contribution in [2.45, 2.75) is 6.92 Å². The molecular weight excluding hydrogens is 446 g/mol. The fourth-order valence-electron chi connectivity index (χ4n) is 3.88. The van der Waals surface area contributed by atoms with E-state index in [0.717, 1.165) is 17.0 Å². The predicted molar refractivity (Wildman–Crippen MR) is 136 cm³/mol. The summed E-state index contributed by atoms with van der Waals surface area (Å²) in [6, 6.07) is 20.4. The van der Waals surface area contributed by atoms with Crippen LogP contribution >= 0.6 is 0 Å². The number of aliphatic imine (C=N–C) groups is 1. The third-order valence-corrected chi connectivity index (χ3v) is 5.59. The van der Waals surface area contributed by atoms with Crippen LogP contribution in [0, 0.1) is 0 Å². The van der Waals surface area contributed by atoms with Crippen molar-refractivity contribution < 1.29 is 18.9 Å². The lowest BCUT2D eigenvalue weighted by Crippen LogP contribution is -2.19. The molecule has 1 N–H and O–H groups in total. The predicted octanol–water partition coefficient (Wildman–Crippen LogP) is 5.01. The van der Waals surface area contributed by atoms with E-state index < -0.39 is 0 Å². The van der Waals surface area contributed by atoms with Gasteiger partial charge in [-0.2, -0.15) is 0 Å². The smallest absolute Gasteiger partial charge is 0.280 e. The van der Waals surface area contributed by atoms with Crippen LogP contribution in [0.15, 0.2) is 76.5 Å². The Morgan fingerprint density at radius 3 is 2.00 bits per heavy atom. The highest BCUT2D eigenvalue weighted by atomic mass is 16.5. The van der Waals surface area contributed by atoms with E-state index in [0.29, 0.717) is 39.9 Å². The number of benzene rings is 3. The summed E-state index contributed by atoms with van der Waals surface area (Å²) in [6.07, 6.45) is 0. The molecule has 0 fully saturated rings. The van der Waals surface area contributed by atoms with Gasteiger partial charge in [0, 0.05) is 17.7 Å². The summed E-state index contributed by atoms with van der Waals surface area (Å²) >= 11 is 0. The zero-order chi connectivity index (χ0) is 24.9. The molecule has 8 nitrogen and oxygen atoms in total. The van der Waals surface area contributed by atoms with E-state index in [4.69, 9.17) is 23.9 Å². The standard InChI is InChI=1S/C27H27N3O5/c1-17(28-19-15-22(33-3)26(35-5)23(16-19)34-4)24-25(18-11-13-21(32-2)14-12-18)29-30(27(24)31)20-9-7-6-8-10-20/h6-16,29H,1-5H3. The second kappa shape index (κ2) is 10.2. The summed E-state index contributed by atoms with van der Waals surface area (Å²) in [7, 11) is 6.25. The maximum atomic E-state index is 13.6. The van der Waals surface area contributed by atoms with E-state index in [1.165, 1.54) is 4.68 Å². The molecule has 0 spiro atoms. The van der Waals surface area contributed by atoms with Crippen molar-refractivity contribution in [3.63, 3.8) is 0 Å². The third-order valence-electron chi connectivity index (χ3n) is 5.59. The van der Waals surface area contributed by atoms with Crippen molar-refractivity contribution in [2.75, 3.05) is 28.4 Å². The topological polar surface area (TPSA) is 87.1 Å². The van der Waals surface area contributed by atoms with Crippen molar-refractivity contribution in [1.29, 1.82) is 0 Å².